The molecule has 0 aliphatic rings. The maximum atomic E-state index is 5.78. The predicted octanol–water partition coefficient (Wildman–Crippen LogP) is 5.80. The Balaban J connectivity index is 2.12. The Morgan fingerprint density at radius 3 is 2.65 bits per heavy atom. The first-order chi connectivity index (χ1) is 11.2. The average molecular weight is 368 g/mol. The van der Waals surface area contributed by atoms with Crippen molar-refractivity contribution in [3.63, 3.8) is 0 Å². The van der Waals surface area contributed by atoms with Crippen LogP contribution in [0.15, 0.2) is 30.5 Å². The van der Waals surface area contributed by atoms with Crippen LogP contribution in [0.3, 0.4) is 0 Å². The van der Waals surface area contributed by atoms with Crippen LogP contribution in [0, 0.1) is 5.92 Å². The normalized spacial score (nSPS) is 13.9. The minimum atomic E-state index is 0.517. The van der Waals surface area contributed by atoms with Crippen LogP contribution >= 0.6 is 0 Å². The molecule has 2 aromatic rings. The van der Waals surface area contributed by atoms with Gasteiger partial charge < -0.3 is 0 Å². The summed E-state index contributed by atoms with van der Waals surface area (Å²) in [5.41, 5.74) is 2.31. The number of rotatable bonds is 9. The molecule has 0 bridgehead atoms. The van der Waals surface area contributed by atoms with Crippen molar-refractivity contribution in [3.05, 3.63) is 36.0 Å². The standard InChI is InChI=1S/C20H29NO.Ga/c1-4-6-8-16(5-2)11-10-15(3)18-13-12-17-9-7-14-21-19(17)20(18)22;/h7,9,12-16,22H,4-6,8,10-11H2,1-3H3;/q;+1/p-1. The van der Waals surface area contributed by atoms with E-state index in [2.05, 4.69) is 44.0 Å². The second kappa shape index (κ2) is 9.38. The second-order valence-electron chi connectivity index (χ2n) is 6.57. The Morgan fingerprint density at radius 1 is 1.13 bits per heavy atom. The van der Waals surface area contributed by atoms with Gasteiger partial charge in [0.2, 0.25) is 0 Å². The van der Waals surface area contributed by atoms with Gasteiger partial charge in [-0.3, -0.25) is 0 Å². The van der Waals surface area contributed by atoms with Gasteiger partial charge in [-0.15, -0.1) is 0 Å². The van der Waals surface area contributed by atoms with Crippen LogP contribution in [-0.4, -0.2) is 23.9 Å². The van der Waals surface area contributed by atoms with E-state index in [0.717, 1.165) is 22.6 Å². The number of unbranched alkanes of at least 4 members (excludes halogenated alkanes) is 1. The summed E-state index contributed by atoms with van der Waals surface area (Å²) in [6.07, 6.45) is 9.72. The second-order valence-corrected chi connectivity index (χ2v) is 7.07. The average Bonchev–Trinajstić information content (AvgIpc) is 2.60. The van der Waals surface area contributed by atoms with Gasteiger partial charge >= 0.3 is 151 Å². The molecule has 2 unspecified atom stereocenters. The number of pyridine rings is 1. The molecule has 0 aliphatic carbocycles. The Labute approximate surface area is 151 Å². The van der Waals surface area contributed by atoms with Gasteiger partial charge in [0.05, 0.1) is 0 Å². The van der Waals surface area contributed by atoms with Gasteiger partial charge in [-0.2, -0.15) is 0 Å². The molecule has 0 amide bonds. The van der Waals surface area contributed by atoms with E-state index in [0.29, 0.717) is 5.92 Å². The van der Waals surface area contributed by atoms with E-state index in [1.165, 1.54) is 63.1 Å². The summed E-state index contributed by atoms with van der Waals surface area (Å²) < 4.78 is 5.78. The van der Waals surface area contributed by atoms with E-state index in [9.17, 15) is 0 Å². The number of hydrogen-bond donors (Lipinski definition) is 0. The van der Waals surface area contributed by atoms with Crippen molar-refractivity contribution in [1.29, 1.82) is 0 Å². The number of benzene rings is 1. The molecule has 0 saturated carbocycles. The summed E-state index contributed by atoms with van der Waals surface area (Å²) in [4.78, 5) is 4.53. The summed E-state index contributed by atoms with van der Waals surface area (Å²) in [5, 5.41) is 1.16. The first-order valence-corrected chi connectivity index (χ1v) is 9.94. The molecule has 1 aromatic carbocycles. The summed E-state index contributed by atoms with van der Waals surface area (Å²) in [6.45, 7) is 6.93. The zero-order valence-corrected chi connectivity index (χ0v) is 17.1. The quantitative estimate of drug-likeness (QED) is 0.522. The number of hydrogen-bond acceptors (Lipinski definition) is 2. The molecular formula is C20H28GaNO. The van der Waals surface area contributed by atoms with E-state index < -0.39 is 0 Å². The van der Waals surface area contributed by atoms with E-state index in [4.69, 9.17) is 3.53 Å². The fraction of sp³-hybridized carbons (Fsp3) is 0.550. The number of aromatic nitrogens is 1. The maximum absolute atomic E-state index is 5.78. The molecule has 1 aromatic heterocycles. The molecule has 0 N–H and O–H groups in total. The molecular weight excluding hydrogens is 340 g/mol. The Hall–Kier alpha value is -0.934. The van der Waals surface area contributed by atoms with Crippen LogP contribution in [0.2, 0.25) is 0 Å². The van der Waals surface area contributed by atoms with Crippen LogP contribution in [0.25, 0.3) is 10.9 Å². The van der Waals surface area contributed by atoms with E-state index in [1.54, 1.807) is 0 Å². The zero-order chi connectivity index (χ0) is 16.7. The van der Waals surface area contributed by atoms with Gasteiger partial charge in [-0.1, -0.05) is 0 Å². The third-order valence-corrected chi connectivity index (χ3v) is 5.45. The van der Waals surface area contributed by atoms with Crippen molar-refractivity contribution in [3.8, 4) is 5.75 Å². The zero-order valence-electron chi connectivity index (χ0n) is 14.7. The van der Waals surface area contributed by atoms with Crippen molar-refractivity contribution < 1.29 is 3.53 Å². The van der Waals surface area contributed by atoms with E-state index >= 15 is 0 Å². The summed E-state index contributed by atoms with van der Waals surface area (Å²) in [7, 11) is 0. The minimum absolute atomic E-state index is 0.517. The fourth-order valence-corrected chi connectivity index (χ4v) is 3.85. The van der Waals surface area contributed by atoms with Crippen molar-refractivity contribution in [1.82, 2.24) is 4.98 Å². The summed E-state index contributed by atoms with van der Waals surface area (Å²) >= 11 is 1.28. The molecule has 23 heavy (non-hydrogen) atoms. The Kier molecular flexibility index (Phi) is 7.51. The first-order valence-electron chi connectivity index (χ1n) is 8.95. The number of fused-ring (bicyclic) bond motifs is 1. The van der Waals surface area contributed by atoms with Gasteiger partial charge in [-0.25, -0.2) is 0 Å². The Morgan fingerprint density at radius 2 is 1.96 bits per heavy atom. The van der Waals surface area contributed by atoms with Gasteiger partial charge in [0.1, 0.15) is 0 Å². The van der Waals surface area contributed by atoms with Crippen molar-refractivity contribution in [2.75, 3.05) is 0 Å². The van der Waals surface area contributed by atoms with Gasteiger partial charge in [-0.05, 0) is 0 Å². The first kappa shape index (κ1) is 18.4. The monoisotopic (exact) mass is 367 g/mol. The molecule has 2 nitrogen and oxygen atoms in total. The SMILES string of the molecule is CCCCC(CC)CCC(C)c1ccc2cccnc2c1[O][Ga]. The molecule has 2 atom stereocenters. The molecule has 0 spiro atoms. The van der Waals surface area contributed by atoms with E-state index in [-0.39, 0.29) is 0 Å². The van der Waals surface area contributed by atoms with Crippen LogP contribution in [-0.2, 0) is 0 Å². The molecule has 122 valence electrons. The van der Waals surface area contributed by atoms with Gasteiger partial charge in [0, 0.05) is 0 Å². The molecule has 2 radical (unpaired) electrons. The summed E-state index contributed by atoms with van der Waals surface area (Å²) in [6, 6.07) is 8.49. The van der Waals surface area contributed by atoms with Gasteiger partial charge in [0.25, 0.3) is 0 Å². The van der Waals surface area contributed by atoms with E-state index in [1.807, 2.05) is 12.3 Å². The molecule has 1 heterocycles. The van der Waals surface area contributed by atoms with Crippen molar-refractivity contribution in [2.24, 2.45) is 5.92 Å². The molecule has 0 fully saturated rings. The third kappa shape index (κ3) is 4.77. The van der Waals surface area contributed by atoms with Crippen molar-refractivity contribution in [2.45, 2.75) is 65.2 Å². The van der Waals surface area contributed by atoms with Crippen molar-refractivity contribution >= 4 is 29.9 Å². The number of nitrogens with zero attached hydrogens (tertiary/aromatic N) is 1. The predicted molar refractivity (Wildman–Crippen MR) is 99.1 cm³/mol. The molecule has 3 heteroatoms. The molecule has 2 rings (SSSR count). The Bertz CT molecular complexity index is 614. The summed E-state index contributed by atoms with van der Waals surface area (Å²) in [5.74, 6) is 2.37. The fourth-order valence-electron chi connectivity index (χ4n) is 3.33. The molecule has 0 aliphatic heterocycles. The third-order valence-electron chi connectivity index (χ3n) is 4.96. The van der Waals surface area contributed by atoms with Crippen LogP contribution in [0.4, 0.5) is 0 Å². The van der Waals surface area contributed by atoms with Crippen LogP contribution in [0.1, 0.15) is 70.8 Å². The topological polar surface area (TPSA) is 22.1 Å². The van der Waals surface area contributed by atoms with Crippen LogP contribution < -0.4 is 3.53 Å². The molecule has 0 saturated heterocycles. The van der Waals surface area contributed by atoms with Gasteiger partial charge in [0.15, 0.2) is 0 Å². The van der Waals surface area contributed by atoms with Crippen LogP contribution in [0.5, 0.6) is 5.75 Å².